The maximum Gasteiger partial charge on any atom is 0.410 e. The quantitative estimate of drug-likeness (QED) is 0.626. The molecule has 1 N–H and O–H groups in total. The number of rotatable bonds is 3. The Morgan fingerprint density at radius 1 is 1.03 bits per heavy atom. The minimum atomic E-state index is -0.559. The van der Waals surface area contributed by atoms with Crippen LogP contribution in [0.4, 0.5) is 18.4 Å². The van der Waals surface area contributed by atoms with E-state index in [1.165, 1.54) is 0 Å². The Hall–Kier alpha value is -3.42. The van der Waals surface area contributed by atoms with Crippen molar-refractivity contribution in [2.24, 2.45) is 0 Å². The number of hydrogen-bond acceptors (Lipinski definition) is 3. The number of likely N-dealkylation sites (tertiary alicyclic amines) is 1. The molecule has 0 unspecified atom stereocenters. The Balaban J connectivity index is 1.45. The SMILES string of the molecule is CC(C)(C)OC(=O)N1CCC(NC(=O)N2CC(c3cc(F)ccc3F)=C[C@H]2c2ccccc2)CC1. The first kappa shape index (κ1) is 24.7. The molecule has 1 fully saturated rings. The van der Waals surface area contributed by atoms with E-state index in [4.69, 9.17) is 4.74 Å². The number of carbonyl (C=O) groups excluding carboxylic acids is 2. The lowest BCUT2D eigenvalue weighted by molar-refractivity contribution is 0.0200. The summed E-state index contributed by atoms with van der Waals surface area (Å²) < 4.78 is 33.8. The average molecular weight is 484 g/mol. The summed E-state index contributed by atoms with van der Waals surface area (Å²) in [6.45, 7) is 6.61. The summed E-state index contributed by atoms with van der Waals surface area (Å²) in [7, 11) is 0. The molecule has 1 saturated heterocycles. The molecule has 0 radical (unpaired) electrons. The van der Waals surface area contributed by atoms with Gasteiger partial charge in [-0.1, -0.05) is 36.4 Å². The first-order valence-corrected chi connectivity index (χ1v) is 11.9. The first-order chi connectivity index (χ1) is 16.6. The topological polar surface area (TPSA) is 61.9 Å². The minimum Gasteiger partial charge on any atom is -0.444 e. The van der Waals surface area contributed by atoms with E-state index in [-0.39, 0.29) is 30.3 Å². The number of piperidine rings is 1. The zero-order chi connectivity index (χ0) is 25.2. The number of amides is 3. The summed E-state index contributed by atoms with van der Waals surface area (Å²) in [5.74, 6) is -1.06. The van der Waals surface area contributed by atoms with Crippen LogP contribution in [-0.2, 0) is 4.74 Å². The molecule has 0 aliphatic carbocycles. The molecule has 8 heteroatoms. The minimum absolute atomic E-state index is 0.104. The molecule has 2 aliphatic rings. The average Bonchev–Trinajstić information content (AvgIpc) is 3.26. The lowest BCUT2D eigenvalue weighted by Gasteiger charge is -2.35. The zero-order valence-electron chi connectivity index (χ0n) is 20.3. The molecule has 2 aromatic carbocycles. The van der Waals surface area contributed by atoms with Gasteiger partial charge in [0, 0.05) is 31.2 Å². The van der Waals surface area contributed by atoms with Gasteiger partial charge in [0.05, 0.1) is 6.04 Å². The number of nitrogens with zero attached hydrogens (tertiary/aromatic N) is 2. The van der Waals surface area contributed by atoms with Gasteiger partial charge < -0.3 is 19.9 Å². The maximum absolute atomic E-state index is 14.5. The Morgan fingerprint density at radius 2 is 1.71 bits per heavy atom. The highest BCUT2D eigenvalue weighted by atomic mass is 19.1. The number of nitrogens with one attached hydrogen (secondary N) is 1. The lowest BCUT2D eigenvalue weighted by atomic mass is 10.0. The highest BCUT2D eigenvalue weighted by molar-refractivity contribution is 5.82. The van der Waals surface area contributed by atoms with Crippen molar-refractivity contribution in [3.05, 3.63) is 77.4 Å². The van der Waals surface area contributed by atoms with Crippen LogP contribution >= 0.6 is 0 Å². The summed E-state index contributed by atoms with van der Waals surface area (Å²) in [4.78, 5) is 28.9. The molecule has 35 heavy (non-hydrogen) atoms. The largest absolute Gasteiger partial charge is 0.444 e. The summed E-state index contributed by atoms with van der Waals surface area (Å²) in [5, 5.41) is 3.07. The number of ether oxygens (including phenoxy) is 1. The van der Waals surface area contributed by atoms with E-state index >= 15 is 0 Å². The van der Waals surface area contributed by atoms with Gasteiger partial charge in [0.15, 0.2) is 0 Å². The van der Waals surface area contributed by atoms with E-state index in [2.05, 4.69) is 5.32 Å². The third-order valence-corrected chi connectivity index (χ3v) is 6.19. The zero-order valence-corrected chi connectivity index (χ0v) is 20.3. The molecule has 0 bridgehead atoms. The van der Waals surface area contributed by atoms with E-state index < -0.39 is 23.3 Å². The maximum atomic E-state index is 14.5. The number of urea groups is 1. The van der Waals surface area contributed by atoms with Crippen molar-refractivity contribution in [3.8, 4) is 0 Å². The smallest absolute Gasteiger partial charge is 0.410 e. The molecule has 2 aliphatic heterocycles. The van der Waals surface area contributed by atoms with E-state index in [1.807, 2.05) is 57.2 Å². The second kappa shape index (κ2) is 10.1. The van der Waals surface area contributed by atoms with E-state index in [1.54, 1.807) is 9.80 Å². The fraction of sp³-hybridized carbons (Fsp3) is 0.407. The van der Waals surface area contributed by atoms with Crippen LogP contribution in [0.1, 0.15) is 50.8 Å². The van der Waals surface area contributed by atoms with E-state index in [9.17, 15) is 18.4 Å². The van der Waals surface area contributed by atoms with Crippen LogP contribution in [0.25, 0.3) is 5.57 Å². The summed E-state index contributed by atoms with van der Waals surface area (Å²) in [5.41, 5.74) is 1.04. The van der Waals surface area contributed by atoms with Gasteiger partial charge in [-0.2, -0.15) is 0 Å². The second-order valence-corrected chi connectivity index (χ2v) is 9.99. The van der Waals surface area contributed by atoms with Crippen LogP contribution < -0.4 is 5.32 Å². The molecule has 3 amide bonds. The van der Waals surface area contributed by atoms with Crippen LogP contribution in [0, 0.1) is 11.6 Å². The molecular weight excluding hydrogens is 452 g/mol. The van der Waals surface area contributed by atoms with Crippen LogP contribution in [0.5, 0.6) is 0 Å². The van der Waals surface area contributed by atoms with Gasteiger partial charge in [0.1, 0.15) is 17.2 Å². The van der Waals surface area contributed by atoms with Crippen molar-refractivity contribution in [2.45, 2.75) is 51.3 Å². The summed E-state index contributed by atoms with van der Waals surface area (Å²) >= 11 is 0. The van der Waals surface area contributed by atoms with Crippen molar-refractivity contribution >= 4 is 17.7 Å². The van der Waals surface area contributed by atoms with E-state index in [0.29, 0.717) is 31.5 Å². The van der Waals surface area contributed by atoms with E-state index in [0.717, 1.165) is 23.8 Å². The molecule has 0 aromatic heterocycles. The molecule has 2 aromatic rings. The molecule has 2 heterocycles. The fourth-order valence-corrected chi connectivity index (χ4v) is 4.45. The standard InChI is InChI=1S/C27H31F2N3O3/c1-27(2,3)35-26(34)31-13-11-21(12-14-31)30-25(33)32-17-19(22-16-20(28)9-10-23(22)29)15-24(32)18-7-5-4-6-8-18/h4-10,15-16,21,24H,11-14,17H2,1-3H3,(H,30,33)/t24-/m0/s1. The van der Waals surface area contributed by atoms with Gasteiger partial charge >= 0.3 is 12.1 Å². The van der Waals surface area contributed by atoms with Gasteiger partial charge in [-0.05, 0) is 62.9 Å². The molecule has 4 rings (SSSR count). The summed E-state index contributed by atoms with van der Waals surface area (Å²) in [6.07, 6.45) is 2.68. The number of benzene rings is 2. The Morgan fingerprint density at radius 3 is 2.37 bits per heavy atom. The number of carbonyl (C=O) groups is 2. The van der Waals surface area contributed by atoms with Crippen molar-refractivity contribution in [1.82, 2.24) is 15.1 Å². The third-order valence-electron chi connectivity index (χ3n) is 6.19. The Labute approximate surface area is 204 Å². The molecule has 186 valence electrons. The first-order valence-electron chi connectivity index (χ1n) is 11.9. The van der Waals surface area contributed by atoms with Crippen molar-refractivity contribution < 1.29 is 23.1 Å². The van der Waals surface area contributed by atoms with Crippen molar-refractivity contribution in [2.75, 3.05) is 19.6 Å². The molecule has 0 saturated carbocycles. The van der Waals surface area contributed by atoms with Crippen LogP contribution in [0.3, 0.4) is 0 Å². The van der Waals surface area contributed by atoms with Crippen LogP contribution in [0.2, 0.25) is 0 Å². The van der Waals surface area contributed by atoms with Crippen LogP contribution in [-0.4, -0.2) is 53.2 Å². The lowest BCUT2D eigenvalue weighted by Crippen LogP contribution is -2.50. The molecule has 1 atom stereocenters. The van der Waals surface area contributed by atoms with Gasteiger partial charge in [-0.15, -0.1) is 0 Å². The number of halogens is 2. The van der Waals surface area contributed by atoms with Gasteiger partial charge in [-0.25, -0.2) is 18.4 Å². The highest BCUT2D eigenvalue weighted by Crippen LogP contribution is 2.35. The fourth-order valence-electron chi connectivity index (χ4n) is 4.45. The molecular formula is C27H31F2N3O3. The third kappa shape index (κ3) is 5.99. The number of hydrogen-bond donors (Lipinski definition) is 1. The highest BCUT2D eigenvalue weighted by Gasteiger charge is 2.34. The predicted molar refractivity (Wildman–Crippen MR) is 130 cm³/mol. The predicted octanol–water partition coefficient (Wildman–Crippen LogP) is 5.51. The van der Waals surface area contributed by atoms with Gasteiger partial charge in [0.25, 0.3) is 0 Å². The molecule has 6 nitrogen and oxygen atoms in total. The van der Waals surface area contributed by atoms with Crippen molar-refractivity contribution in [1.29, 1.82) is 0 Å². The summed E-state index contributed by atoms with van der Waals surface area (Å²) in [6, 6.07) is 12.0. The van der Waals surface area contributed by atoms with Gasteiger partial charge in [-0.3, -0.25) is 0 Å². The van der Waals surface area contributed by atoms with Gasteiger partial charge in [0.2, 0.25) is 0 Å². The molecule has 0 spiro atoms. The monoisotopic (exact) mass is 483 g/mol. The van der Waals surface area contributed by atoms with Crippen LogP contribution in [0.15, 0.2) is 54.6 Å². The van der Waals surface area contributed by atoms with Crippen molar-refractivity contribution in [3.63, 3.8) is 0 Å². The Bertz CT molecular complexity index is 1110. The Kier molecular flexibility index (Phi) is 7.10. The second-order valence-electron chi connectivity index (χ2n) is 9.99. The normalized spacial score (nSPS) is 18.9.